The minimum absolute atomic E-state index is 0.245. The largest absolute Gasteiger partial charge is 0.405 e. The van der Waals surface area contributed by atoms with E-state index in [4.69, 9.17) is 0 Å². The Morgan fingerprint density at radius 1 is 1.11 bits per heavy atom. The molecule has 1 aromatic carbocycles. The Kier molecular flexibility index (Phi) is 6.01. The van der Waals surface area contributed by atoms with Crippen molar-refractivity contribution in [2.24, 2.45) is 0 Å². The maximum absolute atomic E-state index is 12.9. The lowest BCUT2D eigenvalue weighted by atomic mass is 9.95. The normalized spacial score (nSPS) is 15.5. The Hall–Kier alpha value is -2.44. The van der Waals surface area contributed by atoms with Gasteiger partial charge in [0, 0.05) is 17.4 Å². The molecule has 152 valence electrons. The van der Waals surface area contributed by atoms with Crippen molar-refractivity contribution >= 4 is 17.3 Å². The molecule has 0 atom stereocenters. The standard InChI is InChI=1S/C21H26F3N3O/c1-14-12-17(15(2)27(14)16-8-4-3-5-9-16)20(28)26-19-11-7-6-10-18(19)25-13-21(22,23)24/h6-7,10-12,16,25H,3-5,8-9,13H2,1-2H3,(H,26,28). The number of hydrogen-bond donors (Lipinski definition) is 2. The van der Waals surface area contributed by atoms with Crippen LogP contribution in [0.15, 0.2) is 30.3 Å². The number of hydrogen-bond acceptors (Lipinski definition) is 2. The van der Waals surface area contributed by atoms with Gasteiger partial charge in [0.15, 0.2) is 0 Å². The number of aromatic nitrogens is 1. The van der Waals surface area contributed by atoms with Crippen LogP contribution >= 0.6 is 0 Å². The lowest BCUT2D eigenvalue weighted by Crippen LogP contribution is -2.22. The average Bonchev–Trinajstić information content (AvgIpc) is 2.95. The van der Waals surface area contributed by atoms with E-state index in [1.165, 1.54) is 25.3 Å². The zero-order valence-corrected chi connectivity index (χ0v) is 16.2. The van der Waals surface area contributed by atoms with Crippen molar-refractivity contribution in [1.82, 2.24) is 4.57 Å². The van der Waals surface area contributed by atoms with Gasteiger partial charge < -0.3 is 15.2 Å². The predicted molar refractivity (Wildman–Crippen MR) is 105 cm³/mol. The van der Waals surface area contributed by atoms with Crippen molar-refractivity contribution in [2.75, 3.05) is 17.2 Å². The number of nitrogens with zero attached hydrogens (tertiary/aromatic N) is 1. The van der Waals surface area contributed by atoms with Crippen molar-refractivity contribution in [3.8, 4) is 0 Å². The number of amides is 1. The molecule has 0 radical (unpaired) electrons. The molecule has 4 nitrogen and oxygen atoms in total. The molecule has 2 N–H and O–H groups in total. The number of halogens is 3. The topological polar surface area (TPSA) is 46.1 Å². The summed E-state index contributed by atoms with van der Waals surface area (Å²) in [5.41, 5.74) is 3.09. The van der Waals surface area contributed by atoms with Crippen LogP contribution in [0.4, 0.5) is 24.5 Å². The maximum atomic E-state index is 12.9. The highest BCUT2D eigenvalue weighted by Gasteiger charge is 2.27. The van der Waals surface area contributed by atoms with Gasteiger partial charge in [0.05, 0.1) is 16.9 Å². The average molecular weight is 393 g/mol. The van der Waals surface area contributed by atoms with Gasteiger partial charge in [-0.2, -0.15) is 13.2 Å². The molecule has 1 aromatic heterocycles. The molecule has 1 aliphatic rings. The molecule has 28 heavy (non-hydrogen) atoms. The van der Waals surface area contributed by atoms with Crippen LogP contribution in [0, 0.1) is 13.8 Å². The van der Waals surface area contributed by atoms with Gasteiger partial charge in [-0.05, 0) is 44.9 Å². The third-order valence-electron chi connectivity index (χ3n) is 5.32. The van der Waals surface area contributed by atoms with Gasteiger partial charge in [-0.15, -0.1) is 0 Å². The van der Waals surface area contributed by atoms with Crippen molar-refractivity contribution in [2.45, 2.75) is 58.2 Å². The zero-order chi connectivity index (χ0) is 20.3. The van der Waals surface area contributed by atoms with Gasteiger partial charge in [0.1, 0.15) is 6.54 Å². The molecule has 0 unspecified atom stereocenters. The Labute approximate surface area is 163 Å². The van der Waals surface area contributed by atoms with Crippen LogP contribution in [0.5, 0.6) is 0 Å². The number of benzene rings is 1. The van der Waals surface area contributed by atoms with Gasteiger partial charge in [-0.1, -0.05) is 31.4 Å². The summed E-state index contributed by atoms with van der Waals surface area (Å²) in [5, 5.41) is 5.11. The Morgan fingerprint density at radius 2 is 1.75 bits per heavy atom. The molecule has 7 heteroatoms. The predicted octanol–water partition coefficient (Wildman–Crippen LogP) is 5.84. The van der Waals surface area contributed by atoms with Gasteiger partial charge in [-0.3, -0.25) is 4.79 Å². The molecule has 3 rings (SSSR count). The van der Waals surface area contributed by atoms with Crippen LogP contribution in [0.3, 0.4) is 0 Å². The number of rotatable bonds is 5. The molecule has 2 aromatic rings. The Balaban J connectivity index is 1.79. The lowest BCUT2D eigenvalue weighted by Gasteiger charge is -2.26. The van der Waals surface area contributed by atoms with E-state index >= 15 is 0 Å². The molecule has 1 fully saturated rings. The van der Waals surface area contributed by atoms with Gasteiger partial charge in [-0.25, -0.2) is 0 Å². The summed E-state index contributed by atoms with van der Waals surface area (Å²) in [4.78, 5) is 12.9. The first-order valence-electron chi connectivity index (χ1n) is 9.65. The van der Waals surface area contributed by atoms with Crippen LogP contribution in [0.2, 0.25) is 0 Å². The Morgan fingerprint density at radius 3 is 2.39 bits per heavy atom. The Bertz CT molecular complexity index is 836. The minimum atomic E-state index is -4.33. The van der Waals surface area contributed by atoms with Gasteiger partial charge in [0.2, 0.25) is 0 Å². The molecule has 1 heterocycles. The summed E-state index contributed by atoms with van der Waals surface area (Å²) in [6, 6.07) is 8.70. The van der Waals surface area contributed by atoms with E-state index in [0.29, 0.717) is 17.3 Å². The summed E-state index contributed by atoms with van der Waals surface area (Å²) < 4.78 is 39.8. The van der Waals surface area contributed by atoms with Crippen molar-refractivity contribution < 1.29 is 18.0 Å². The van der Waals surface area contributed by atoms with E-state index in [-0.39, 0.29) is 11.6 Å². The van der Waals surface area contributed by atoms with Crippen molar-refractivity contribution in [1.29, 1.82) is 0 Å². The van der Waals surface area contributed by atoms with Crippen LogP contribution in [-0.4, -0.2) is 23.2 Å². The molecule has 0 aliphatic heterocycles. The van der Waals surface area contributed by atoms with Crippen molar-refractivity contribution in [3.05, 3.63) is 47.3 Å². The number of aryl methyl sites for hydroxylation is 1. The first-order chi connectivity index (χ1) is 13.3. The maximum Gasteiger partial charge on any atom is 0.405 e. The van der Waals surface area contributed by atoms with Crippen molar-refractivity contribution in [3.63, 3.8) is 0 Å². The summed E-state index contributed by atoms with van der Waals surface area (Å²) >= 11 is 0. The van der Waals surface area contributed by atoms with E-state index < -0.39 is 12.7 Å². The second kappa shape index (κ2) is 8.29. The second-order valence-corrected chi connectivity index (χ2v) is 7.42. The highest BCUT2D eigenvalue weighted by Crippen LogP contribution is 2.32. The van der Waals surface area contributed by atoms with Gasteiger partial charge >= 0.3 is 6.18 Å². The smallest absolute Gasteiger partial charge is 0.375 e. The van der Waals surface area contributed by atoms with E-state index in [0.717, 1.165) is 24.2 Å². The fourth-order valence-corrected chi connectivity index (χ4v) is 4.04. The SMILES string of the molecule is Cc1cc(C(=O)Nc2ccccc2NCC(F)(F)F)c(C)n1C1CCCCC1. The van der Waals surface area contributed by atoms with Crippen LogP contribution < -0.4 is 10.6 Å². The molecule has 1 amide bonds. The summed E-state index contributed by atoms with van der Waals surface area (Å²) in [7, 11) is 0. The van der Waals surface area contributed by atoms with E-state index in [1.807, 2.05) is 19.9 Å². The quantitative estimate of drug-likeness (QED) is 0.671. The molecule has 0 bridgehead atoms. The first-order valence-corrected chi connectivity index (χ1v) is 9.65. The molecule has 0 spiro atoms. The molecule has 1 aliphatic carbocycles. The lowest BCUT2D eigenvalue weighted by molar-refractivity contribution is -0.115. The van der Waals surface area contributed by atoms with Crippen LogP contribution in [-0.2, 0) is 0 Å². The third-order valence-corrected chi connectivity index (χ3v) is 5.32. The van der Waals surface area contributed by atoms with E-state index in [2.05, 4.69) is 15.2 Å². The molecular weight excluding hydrogens is 367 g/mol. The molecule has 0 saturated heterocycles. The number of nitrogens with one attached hydrogen (secondary N) is 2. The highest BCUT2D eigenvalue weighted by atomic mass is 19.4. The van der Waals surface area contributed by atoms with Crippen LogP contribution in [0.1, 0.15) is 59.9 Å². The first kappa shape index (κ1) is 20.3. The number of alkyl halides is 3. The number of carbonyl (C=O) groups excluding carboxylic acids is 1. The number of carbonyl (C=O) groups is 1. The zero-order valence-electron chi connectivity index (χ0n) is 16.2. The van der Waals surface area contributed by atoms with E-state index in [9.17, 15) is 18.0 Å². The minimum Gasteiger partial charge on any atom is -0.375 e. The number of anilines is 2. The fourth-order valence-electron chi connectivity index (χ4n) is 4.04. The monoisotopic (exact) mass is 393 g/mol. The van der Waals surface area contributed by atoms with E-state index in [1.54, 1.807) is 18.2 Å². The van der Waals surface area contributed by atoms with Gasteiger partial charge in [0.25, 0.3) is 5.91 Å². The fraction of sp³-hybridized carbons (Fsp3) is 0.476. The summed E-state index contributed by atoms with van der Waals surface area (Å²) in [6.45, 7) is 2.78. The summed E-state index contributed by atoms with van der Waals surface area (Å²) in [6.07, 6.45) is 1.54. The van der Waals surface area contributed by atoms with Crippen LogP contribution in [0.25, 0.3) is 0 Å². The molecular formula is C21H26F3N3O. The molecule has 1 saturated carbocycles. The summed E-state index contributed by atoms with van der Waals surface area (Å²) in [5.74, 6) is -0.309. The third kappa shape index (κ3) is 4.69. The highest BCUT2D eigenvalue weighted by molar-refractivity contribution is 6.06. The second-order valence-electron chi connectivity index (χ2n) is 7.42. The number of para-hydroxylation sites is 2.